The first-order valence-corrected chi connectivity index (χ1v) is 7.76. The molecule has 25 heavy (non-hydrogen) atoms. The van der Waals surface area contributed by atoms with E-state index in [1.165, 1.54) is 12.3 Å². The van der Waals surface area contributed by atoms with Crippen LogP contribution in [0.15, 0.2) is 36.5 Å². The van der Waals surface area contributed by atoms with Crippen LogP contribution in [0.2, 0.25) is 5.02 Å². The molecule has 0 atom stereocenters. The molecule has 2 aromatic carbocycles. The number of benzene rings is 2. The summed E-state index contributed by atoms with van der Waals surface area (Å²) in [6, 6.07) is 7.26. The van der Waals surface area contributed by atoms with E-state index < -0.39 is 11.6 Å². The van der Waals surface area contributed by atoms with Crippen molar-refractivity contribution in [3.8, 4) is 0 Å². The first-order valence-electron chi connectivity index (χ1n) is 7.38. The first kappa shape index (κ1) is 17.0. The summed E-state index contributed by atoms with van der Waals surface area (Å²) in [6.07, 6.45) is 1.37. The molecule has 0 aliphatic rings. The topological polar surface area (TPSA) is 62.7 Å². The third-order valence-electron chi connectivity index (χ3n) is 3.42. The fourth-order valence-corrected chi connectivity index (χ4v) is 2.69. The summed E-state index contributed by atoms with van der Waals surface area (Å²) >= 11 is 6.26. The summed E-state index contributed by atoms with van der Waals surface area (Å²) in [5.41, 5.74) is 3.00. The van der Waals surface area contributed by atoms with Gasteiger partial charge < -0.3 is 10.6 Å². The Hall–Kier alpha value is -2.80. The second-order valence-electron chi connectivity index (χ2n) is 5.48. The van der Waals surface area contributed by atoms with Gasteiger partial charge in [-0.1, -0.05) is 17.7 Å². The maximum absolute atomic E-state index is 13.3. The van der Waals surface area contributed by atoms with E-state index in [1.54, 1.807) is 0 Å². The lowest BCUT2D eigenvalue weighted by Gasteiger charge is -2.12. The van der Waals surface area contributed by atoms with Gasteiger partial charge in [0.05, 0.1) is 16.9 Å². The van der Waals surface area contributed by atoms with Crippen LogP contribution in [-0.4, -0.2) is 15.2 Å². The average Bonchev–Trinajstić information content (AvgIpc) is 2.55. The molecular formula is C17H14ClF2N5. The van der Waals surface area contributed by atoms with Gasteiger partial charge in [0.1, 0.15) is 0 Å². The van der Waals surface area contributed by atoms with Crippen molar-refractivity contribution in [3.05, 3.63) is 64.3 Å². The lowest BCUT2D eigenvalue weighted by molar-refractivity contribution is 0.509. The normalized spacial score (nSPS) is 10.6. The van der Waals surface area contributed by atoms with Crippen LogP contribution in [0.5, 0.6) is 0 Å². The molecule has 0 saturated heterocycles. The van der Waals surface area contributed by atoms with Gasteiger partial charge in [0, 0.05) is 11.8 Å². The van der Waals surface area contributed by atoms with Crippen molar-refractivity contribution in [2.45, 2.75) is 13.8 Å². The Labute approximate surface area is 148 Å². The average molecular weight is 362 g/mol. The summed E-state index contributed by atoms with van der Waals surface area (Å²) in [6.45, 7) is 3.87. The van der Waals surface area contributed by atoms with Crippen LogP contribution < -0.4 is 10.6 Å². The molecule has 0 aliphatic carbocycles. The predicted octanol–water partition coefficient (Wildman–Crippen LogP) is 4.91. The van der Waals surface area contributed by atoms with E-state index in [1.807, 2.05) is 26.0 Å². The quantitative estimate of drug-likeness (QED) is 0.691. The number of anilines is 4. The standard InChI is InChI=1S/C17H14ClF2N5/c1-9-5-10(2)16(12(18)6-9)24-17-23-15(8-21-25-17)22-11-3-4-13(19)14(20)7-11/h3-8H,1-2H3,(H2,22,23,24,25). The van der Waals surface area contributed by atoms with Gasteiger partial charge in [-0.05, 0) is 43.2 Å². The highest BCUT2D eigenvalue weighted by Crippen LogP contribution is 2.29. The fourth-order valence-electron chi connectivity index (χ4n) is 2.32. The van der Waals surface area contributed by atoms with Crippen LogP contribution in [0.3, 0.4) is 0 Å². The Balaban J connectivity index is 1.83. The highest BCUT2D eigenvalue weighted by molar-refractivity contribution is 6.33. The monoisotopic (exact) mass is 361 g/mol. The maximum Gasteiger partial charge on any atom is 0.249 e. The van der Waals surface area contributed by atoms with Gasteiger partial charge >= 0.3 is 0 Å². The molecule has 3 rings (SSSR count). The number of rotatable bonds is 4. The van der Waals surface area contributed by atoms with Gasteiger partial charge in [-0.25, -0.2) is 8.78 Å². The highest BCUT2D eigenvalue weighted by Gasteiger charge is 2.09. The van der Waals surface area contributed by atoms with Gasteiger partial charge in [-0.3, -0.25) is 0 Å². The van der Waals surface area contributed by atoms with Crippen molar-refractivity contribution >= 4 is 34.7 Å². The van der Waals surface area contributed by atoms with Crippen LogP contribution in [0.1, 0.15) is 11.1 Å². The third kappa shape index (κ3) is 4.00. The summed E-state index contributed by atoms with van der Waals surface area (Å²) in [5, 5.41) is 14.2. The Bertz CT molecular complexity index is 910. The van der Waals surface area contributed by atoms with Crippen molar-refractivity contribution in [1.82, 2.24) is 15.2 Å². The minimum atomic E-state index is -0.951. The van der Waals surface area contributed by atoms with Gasteiger partial charge in [-0.15, -0.1) is 5.10 Å². The molecule has 0 aliphatic heterocycles. The molecule has 8 heteroatoms. The zero-order valence-corrected chi connectivity index (χ0v) is 14.2. The third-order valence-corrected chi connectivity index (χ3v) is 3.72. The molecule has 0 radical (unpaired) electrons. The Morgan fingerprint density at radius 1 is 1.00 bits per heavy atom. The van der Waals surface area contributed by atoms with Crippen LogP contribution >= 0.6 is 11.6 Å². The lowest BCUT2D eigenvalue weighted by atomic mass is 10.1. The predicted molar refractivity (Wildman–Crippen MR) is 93.7 cm³/mol. The molecule has 0 amide bonds. The molecule has 0 bridgehead atoms. The Morgan fingerprint density at radius 3 is 2.52 bits per heavy atom. The molecule has 2 N–H and O–H groups in total. The molecule has 5 nitrogen and oxygen atoms in total. The molecule has 3 aromatic rings. The second-order valence-corrected chi connectivity index (χ2v) is 5.89. The van der Waals surface area contributed by atoms with Gasteiger partial charge in [0.2, 0.25) is 5.95 Å². The molecular weight excluding hydrogens is 348 g/mol. The zero-order valence-electron chi connectivity index (χ0n) is 13.4. The zero-order chi connectivity index (χ0) is 18.0. The summed E-state index contributed by atoms with van der Waals surface area (Å²) < 4.78 is 26.3. The van der Waals surface area contributed by atoms with E-state index in [9.17, 15) is 8.78 Å². The van der Waals surface area contributed by atoms with E-state index in [0.717, 1.165) is 23.3 Å². The van der Waals surface area contributed by atoms with Crippen molar-refractivity contribution in [1.29, 1.82) is 0 Å². The molecule has 0 spiro atoms. The van der Waals surface area contributed by atoms with Crippen molar-refractivity contribution in [3.63, 3.8) is 0 Å². The number of halogens is 3. The maximum atomic E-state index is 13.3. The first-order chi connectivity index (χ1) is 11.9. The minimum absolute atomic E-state index is 0.224. The fraction of sp³-hybridized carbons (Fsp3) is 0.118. The van der Waals surface area contributed by atoms with Crippen molar-refractivity contribution in [2.75, 3.05) is 10.6 Å². The second kappa shape index (κ2) is 6.98. The SMILES string of the molecule is Cc1cc(C)c(Nc2nncc(Nc3ccc(F)c(F)c3)n2)c(Cl)c1. The number of hydrogen-bond donors (Lipinski definition) is 2. The van der Waals surface area contributed by atoms with Gasteiger partial charge in [-0.2, -0.15) is 10.1 Å². The Morgan fingerprint density at radius 2 is 1.80 bits per heavy atom. The summed E-state index contributed by atoms with van der Waals surface area (Å²) in [4.78, 5) is 4.25. The van der Waals surface area contributed by atoms with E-state index in [2.05, 4.69) is 25.8 Å². The van der Waals surface area contributed by atoms with E-state index in [0.29, 0.717) is 22.2 Å². The number of hydrogen-bond acceptors (Lipinski definition) is 5. The lowest BCUT2D eigenvalue weighted by Crippen LogP contribution is -2.04. The van der Waals surface area contributed by atoms with Crippen LogP contribution in [0.4, 0.5) is 31.9 Å². The van der Waals surface area contributed by atoms with Crippen molar-refractivity contribution in [2.24, 2.45) is 0 Å². The van der Waals surface area contributed by atoms with Crippen molar-refractivity contribution < 1.29 is 8.78 Å². The highest BCUT2D eigenvalue weighted by atomic mass is 35.5. The molecule has 0 saturated carbocycles. The molecule has 1 heterocycles. The van der Waals surface area contributed by atoms with Crippen LogP contribution in [-0.2, 0) is 0 Å². The van der Waals surface area contributed by atoms with E-state index in [-0.39, 0.29) is 5.95 Å². The Kier molecular flexibility index (Phi) is 4.76. The smallest absolute Gasteiger partial charge is 0.249 e. The summed E-state index contributed by atoms with van der Waals surface area (Å²) in [7, 11) is 0. The van der Waals surface area contributed by atoms with Crippen LogP contribution in [0.25, 0.3) is 0 Å². The number of aryl methyl sites for hydroxylation is 2. The number of nitrogens with zero attached hydrogens (tertiary/aromatic N) is 3. The van der Waals surface area contributed by atoms with E-state index >= 15 is 0 Å². The molecule has 1 aromatic heterocycles. The summed E-state index contributed by atoms with van der Waals surface area (Å²) in [5.74, 6) is -1.32. The molecule has 0 unspecified atom stereocenters. The number of nitrogens with one attached hydrogen (secondary N) is 2. The minimum Gasteiger partial charge on any atom is -0.339 e. The molecule has 128 valence electrons. The molecule has 0 fully saturated rings. The van der Waals surface area contributed by atoms with Crippen LogP contribution in [0, 0.1) is 25.5 Å². The number of aromatic nitrogens is 3. The van der Waals surface area contributed by atoms with Gasteiger partial charge in [0.25, 0.3) is 0 Å². The van der Waals surface area contributed by atoms with Gasteiger partial charge in [0.15, 0.2) is 17.5 Å². The largest absolute Gasteiger partial charge is 0.339 e. The van der Waals surface area contributed by atoms with E-state index in [4.69, 9.17) is 11.6 Å².